The summed E-state index contributed by atoms with van der Waals surface area (Å²) in [5.41, 5.74) is 1.20. The molecule has 1 aromatic carbocycles. The highest BCUT2D eigenvalue weighted by Crippen LogP contribution is 2.11. The molecular weight excluding hydrogens is 270 g/mol. The van der Waals surface area contributed by atoms with Crippen LogP contribution in [0.5, 0.6) is 0 Å². The number of carbonyl (C=O) groups is 1. The van der Waals surface area contributed by atoms with E-state index in [1.165, 1.54) is 12.7 Å². The lowest BCUT2D eigenvalue weighted by molar-refractivity contribution is -0.125. The van der Waals surface area contributed by atoms with Crippen molar-refractivity contribution in [2.45, 2.75) is 19.4 Å². The number of nitrogens with one attached hydrogen (secondary N) is 1. The molecule has 1 atom stereocenters. The second-order valence-electron chi connectivity index (χ2n) is 3.73. The second-order valence-corrected chi connectivity index (χ2v) is 4.65. The van der Waals surface area contributed by atoms with Gasteiger partial charge in [0.1, 0.15) is 6.61 Å². The van der Waals surface area contributed by atoms with Crippen LogP contribution in [-0.4, -0.2) is 25.7 Å². The van der Waals surface area contributed by atoms with E-state index >= 15 is 0 Å². The first-order valence-electron chi connectivity index (χ1n) is 5.14. The minimum absolute atomic E-state index is 0.0767. The number of amides is 1. The van der Waals surface area contributed by atoms with Crippen molar-refractivity contribution in [3.63, 3.8) is 0 Å². The first kappa shape index (κ1) is 13.2. The van der Waals surface area contributed by atoms with Gasteiger partial charge in [-0.15, -0.1) is 0 Å². The fourth-order valence-electron chi connectivity index (χ4n) is 1.47. The zero-order chi connectivity index (χ0) is 12.0. The molecule has 0 aliphatic rings. The van der Waals surface area contributed by atoms with E-state index in [1.54, 1.807) is 0 Å². The summed E-state index contributed by atoms with van der Waals surface area (Å²) >= 11 is 3.39. The molecule has 0 radical (unpaired) electrons. The van der Waals surface area contributed by atoms with Gasteiger partial charge in [0.25, 0.3) is 0 Å². The van der Waals surface area contributed by atoms with Gasteiger partial charge in [0, 0.05) is 17.6 Å². The first-order valence-corrected chi connectivity index (χ1v) is 5.94. The van der Waals surface area contributed by atoms with Crippen molar-refractivity contribution in [3.05, 3.63) is 34.3 Å². The number of benzene rings is 1. The van der Waals surface area contributed by atoms with Crippen molar-refractivity contribution >= 4 is 21.8 Å². The first-order chi connectivity index (χ1) is 7.61. The predicted molar refractivity (Wildman–Crippen MR) is 67.3 cm³/mol. The van der Waals surface area contributed by atoms with Crippen LogP contribution in [0.4, 0.5) is 0 Å². The third kappa shape index (κ3) is 4.77. The summed E-state index contributed by atoms with van der Waals surface area (Å²) in [6.07, 6.45) is 0.822. The molecule has 3 nitrogen and oxygen atoms in total. The molecule has 1 aromatic rings. The Morgan fingerprint density at radius 2 is 2.06 bits per heavy atom. The van der Waals surface area contributed by atoms with Gasteiger partial charge in [-0.25, -0.2) is 0 Å². The lowest BCUT2D eigenvalue weighted by Crippen LogP contribution is -2.36. The molecule has 4 heteroatoms. The Kier molecular flexibility index (Phi) is 5.49. The Labute approximate surface area is 104 Å². The molecule has 0 aliphatic carbocycles. The molecule has 1 amide bonds. The quantitative estimate of drug-likeness (QED) is 0.900. The molecular formula is C12H16BrNO2. The molecule has 0 aromatic heterocycles. The van der Waals surface area contributed by atoms with Crippen LogP contribution >= 0.6 is 15.9 Å². The van der Waals surface area contributed by atoms with Crippen molar-refractivity contribution in [2.75, 3.05) is 13.7 Å². The molecule has 0 unspecified atom stereocenters. The number of carbonyl (C=O) groups excluding carboxylic acids is 1. The van der Waals surface area contributed by atoms with Gasteiger partial charge in [0.05, 0.1) is 0 Å². The molecule has 16 heavy (non-hydrogen) atoms. The molecule has 88 valence electrons. The summed E-state index contributed by atoms with van der Waals surface area (Å²) in [6, 6.07) is 8.20. The van der Waals surface area contributed by atoms with Gasteiger partial charge in [-0.2, -0.15) is 0 Å². The zero-order valence-corrected chi connectivity index (χ0v) is 11.1. The monoisotopic (exact) mass is 285 g/mol. The van der Waals surface area contributed by atoms with E-state index in [1.807, 2.05) is 31.2 Å². The highest BCUT2D eigenvalue weighted by Gasteiger charge is 2.07. The summed E-state index contributed by atoms with van der Waals surface area (Å²) in [5, 5.41) is 2.87. The van der Waals surface area contributed by atoms with Crippen molar-refractivity contribution in [1.29, 1.82) is 0 Å². The average molecular weight is 286 g/mol. The fourth-order valence-corrected chi connectivity index (χ4v) is 1.74. The van der Waals surface area contributed by atoms with Crippen LogP contribution in [0.2, 0.25) is 0 Å². The van der Waals surface area contributed by atoms with Gasteiger partial charge < -0.3 is 10.1 Å². The Bertz CT molecular complexity index is 337. The van der Waals surface area contributed by atoms with Gasteiger partial charge in [0.15, 0.2) is 0 Å². The summed E-state index contributed by atoms with van der Waals surface area (Å²) < 4.78 is 5.81. The van der Waals surface area contributed by atoms with E-state index in [4.69, 9.17) is 4.74 Å². The van der Waals surface area contributed by atoms with Crippen LogP contribution < -0.4 is 5.32 Å². The number of hydrogen-bond acceptors (Lipinski definition) is 2. The Hall–Kier alpha value is -0.870. The maximum Gasteiger partial charge on any atom is 0.246 e. The van der Waals surface area contributed by atoms with Crippen molar-refractivity contribution in [1.82, 2.24) is 5.32 Å². The van der Waals surface area contributed by atoms with Crippen LogP contribution in [0, 0.1) is 0 Å². The summed E-state index contributed by atoms with van der Waals surface area (Å²) in [7, 11) is 1.51. The summed E-state index contributed by atoms with van der Waals surface area (Å²) in [6.45, 7) is 2.10. The Morgan fingerprint density at radius 1 is 1.44 bits per heavy atom. The van der Waals surface area contributed by atoms with Gasteiger partial charge in [-0.3, -0.25) is 4.79 Å². The van der Waals surface area contributed by atoms with Crippen LogP contribution in [0.3, 0.4) is 0 Å². The van der Waals surface area contributed by atoms with Crippen molar-refractivity contribution in [3.8, 4) is 0 Å². The number of rotatable bonds is 5. The minimum Gasteiger partial charge on any atom is -0.375 e. The summed E-state index contributed by atoms with van der Waals surface area (Å²) in [5.74, 6) is -0.0767. The number of halogens is 1. The Balaban J connectivity index is 2.42. The Morgan fingerprint density at radius 3 is 2.62 bits per heavy atom. The van der Waals surface area contributed by atoms with E-state index in [0.717, 1.165) is 10.9 Å². The lowest BCUT2D eigenvalue weighted by Gasteiger charge is -2.13. The van der Waals surface area contributed by atoms with Gasteiger partial charge in [-0.1, -0.05) is 28.1 Å². The van der Waals surface area contributed by atoms with Crippen molar-refractivity contribution < 1.29 is 9.53 Å². The molecule has 0 aliphatic heterocycles. The van der Waals surface area contributed by atoms with E-state index < -0.39 is 0 Å². The number of ether oxygens (including phenoxy) is 1. The summed E-state index contributed by atoms with van der Waals surface area (Å²) in [4.78, 5) is 11.3. The topological polar surface area (TPSA) is 38.3 Å². The zero-order valence-electron chi connectivity index (χ0n) is 9.50. The molecule has 1 rings (SSSR count). The number of methoxy groups -OCH3 is 1. The molecule has 0 spiro atoms. The third-order valence-electron chi connectivity index (χ3n) is 2.14. The SMILES string of the molecule is COCC(=O)N[C@@H](C)Cc1ccc(Br)cc1. The second kappa shape index (κ2) is 6.66. The normalized spacial score (nSPS) is 12.2. The standard InChI is InChI=1S/C12H16BrNO2/c1-9(14-12(15)8-16-2)7-10-3-5-11(13)6-4-10/h3-6,9H,7-8H2,1-2H3,(H,14,15)/t9-/m0/s1. The van der Waals surface area contributed by atoms with Gasteiger partial charge >= 0.3 is 0 Å². The highest BCUT2D eigenvalue weighted by molar-refractivity contribution is 9.10. The van der Waals surface area contributed by atoms with Gasteiger partial charge in [-0.05, 0) is 31.0 Å². The minimum atomic E-state index is -0.0767. The highest BCUT2D eigenvalue weighted by atomic mass is 79.9. The molecule has 1 N–H and O–H groups in total. The molecule has 0 fully saturated rings. The van der Waals surface area contributed by atoms with E-state index in [2.05, 4.69) is 21.2 Å². The van der Waals surface area contributed by atoms with Crippen LogP contribution in [0.25, 0.3) is 0 Å². The maximum atomic E-state index is 11.3. The van der Waals surface area contributed by atoms with E-state index in [9.17, 15) is 4.79 Å². The average Bonchev–Trinajstić information content (AvgIpc) is 2.21. The third-order valence-corrected chi connectivity index (χ3v) is 2.67. The largest absolute Gasteiger partial charge is 0.375 e. The molecule has 0 bridgehead atoms. The van der Waals surface area contributed by atoms with E-state index in [0.29, 0.717) is 0 Å². The fraction of sp³-hybridized carbons (Fsp3) is 0.417. The van der Waals surface area contributed by atoms with Gasteiger partial charge in [0.2, 0.25) is 5.91 Å². The number of hydrogen-bond donors (Lipinski definition) is 1. The predicted octanol–water partition coefficient (Wildman–Crippen LogP) is 2.14. The molecule has 0 saturated heterocycles. The smallest absolute Gasteiger partial charge is 0.246 e. The van der Waals surface area contributed by atoms with E-state index in [-0.39, 0.29) is 18.6 Å². The van der Waals surface area contributed by atoms with Crippen molar-refractivity contribution in [2.24, 2.45) is 0 Å². The molecule has 0 saturated carbocycles. The lowest BCUT2D eigenvalue weighted by atomic mass is 10.1. The van der Waals surface area contributed by atoms with Crippen LogP contribution in [0.1, 0.15) is 12.5 Å². The molecule has 0 heterocycles. The maximum absolute atomic E-state index is 11.3. The van der Waals surface area contributed by atoms with Crippen LogP contribution in [0.15, 0.2) is 28.7 Å². The van der Waals surface area contributed by atoms with Crippen LogP contribution in [-0.2, 0) is 16.0 Å².